The second-order valence-corrected chi connectivity index (χ2v) is 5.40. The van der Waals surface area contributed by atoms with Gasteiger partial charge in [0.2, 0.25) is 0 Å². The Kier molecular flexibility index (Phi) is 4.20. The number of carbonyl (C=O) groups is 2. The number of hydrogen-bond donors (Lipinski definition) is 2. The van der Waals surface area contributed by atoms with Crippen molar-refractivity contribution in [1.29, 1.82) is 0 Å². The van der Waals surface area contributed by atoms with E-state index < -0.39 is 16.8 Å². The quantitative estimate of drug-likeness (QED) is 0.662. The molecule has 1 aromatic heterocycles. The van der Waals surface area contributed by atoms with Crippen LogP contribution in [-0.2, 0) is 0 Å². The summed E-state index contributed by atoms with van der Waals surface area (Å²) in [5.74, 6) is -1.71. The van der Waals surface area contributed by atoms with Gasteiger partial charge in [0.05, 0.1) is 9.92 Å². The lowest BCUT2D eigenvalue weighted by atomic mass is 10.2. The average Bonchev–Trinajstić information content (AvgIpc) is 2.86. The van der Waals surface area contributed by atoms with Crippen molar-refractivity contribution < 1.29 is 19.6 Å². The molecule has 0 aliphatic carbocycles. The molecule has 7 nitrogen and oxygen atoms in total. The molecule has 0 saturated heterocycles. The monoisotopic (exact) mass is 326 g/mol. The van der Waals surface area contributed by atoms with E-state index in [-0.39, 0.29) is 21.2 Å². The Labute approximate surface area is 126 Å². The molecule has 1 aromatic carbocycles. The SMILES string of the molecule is O=C(Nc1ccc(C(=O)O)s1)c1cc(Cl)cc([N+](=O)[O-])c1. The molecule has 2 aromatic rings. The second kappa shape index (κ2) is 5.90. The largest absolute Gasteiger partial charge is 0.477 e. The Morgan fingerprint density at radius 3 is 2.57 bits per heavy atom. The number of halogens is 1. The fourth-order valence-corrected chi connectivity index (χ4v) is 2.48. The van der Waals surface area contributed by atoms with Crippen molar-refractivity contribution in [2.45, 2.75) is 0 Å². The van der Waals surface area contributed by atoms with Gasteiger partial charge >= 0.3 is 5.97 Å². The fraction of sp³-hybridized carbons (Fsp3) is 0. The van der Waals surface area contributed by atoms with Crippen molar-refractivity contribution in [2.24, 2.45) is 0 Å². The maximum absolute atomic E-state index is 12.0. The van der Waals surface area contributed by atoms with Crippen molar-refractivity contribution in [3.8, 4) is 0 Å². The average molecular weight is 327 g/mol. The van der Waals surface area contributed by atoms with Crippen LogP contribution in [0.1, 0.15) is 20.0 Å². The van der Waals surface area contributed by atoms with Gasteiger partial charge in [0.25, 0.3) is 11.6 Å². The zero-order chi connectivity index (χ0) is 15.6. The van der Waals surface area contributed by atoms with Crippen molar-refractivity contribution in [1.82, 2.24) is 0 Å². The van der Waals surface area contributed by atoms with Gasteiger partial charge in [-0.05, 0) is 18.2 Å². The van der Waals surface area contributed by atoms with Gasteiger partial charge in [-0.3, -0.25) is 14.9 Å². The number of hydrogen-bond acceptors (Lipinski definition) is 5. The first-order valence-corrected chi connectivity index (χ1v) is 6.66. The maximum atomic E-state index is 12.0. The van der Waals surface area contributed by atoms with Crippen LogP contribution in [0, 0.1) is 10.1 Å². The molecular weight excluding hydrogens is 320 g/mol. The topological polar surface area (TPSA) is 110 Å². The van der Waals surface area contributed by atoms with E-state index in [0.29, 0.717) is 5.00 Å². The number of thiophene rings is 1. The molecule has 2 N–H and O–H groups in total. The highest BCUT2D eigenvalue weighted by Crippen LogP contribution is 2.25. The summed E-state index contributed by atoms with van der Waals surface area (Å²) in [5, 5.41) is 22.3. The van der Waals surface area contributed by atoms with Gasteiger partial charge in [-0.2, -0.15) is 0 Å². The minimum atomic E-state index is -1.10. The number of carboxylic acids is 1. The molecule has 21 heavy (non-hydrogen) atoms. The van der Waals surface area contributed by atoms with Crippen LogP contribution in [0.3, 0.4) is 0 Å². The number of nitro groups is 1. The molecule has 9 heteroatoms. The zero-order valence-electron chi connectivity index (χ0n) is 10.2. The molecular formula is C12H7ClN2O5S. The number of anilines is 1. The second-order valence-electron chi connectivity index (χ2n) is 3.88. The molecule has 0 aliphatic heterocycles. The Morgan fingerprint density at radius 1 is 1.29 bits per heavy atom. The first-order chi connectivity index (χ1) is 9.86. The summed E-state index contributed by atoms with van der Waals surface area (Å²) < 4.78 is 0. The van der Waals surface area contributed by atoms with E-state index >= 15 is 0 Å². The molecule has 1 heterocycles. The Hall–Kier alpha value is -2.45. The molecule has 2 rings (SSSR count). The number of carbonyl (C=O) groups excluding carboxylic acids is 1. The van der Waals surface area contributed by atoms with E-state index in [1.54, 1.807) is 0 Å². The minimum Gasteiger partial charge on any atom is -0.477 e. The van der Waals surface area contributed by atoms with Crippen LogP contribution in [0.4, 0.5) is 10.7 Å². The first-order valence-electron chi connectivity index (χ1n) is 5.46. The van der Waals surface area contributed by atoms with E-state index in [1.165, 1.54) is 18.2 Å². The van der Waals surface area contributed by atoms with Crippen LogP contribution < -0.4 is 5.32 Å². The number of aromatic carboxylic acids is 1. The zero-order valence-corrected chi connectivity index (χ0v) is 11.8. The number of nitro benzene ring substituents is 1. The van der Waals surface area contributed by atoms with E-state index in [2.05, 4.69) is 5.32 Å². The first kappa shape index (κ1) is 14.9. The van der Waals surface area contributed by atoms with Crippen LogP contribution in [0.15, 0.2) is 30.3 Å². The normalized spacial score (nSPS) is 10.1. The van der Waals surface area contributed by atoms with Gasteiger partial charge < -0.3 is 10.4 Å². The Bertz CT molecular complexity index is 743. The highest BCUT2D eigenvalue weighted by molar-refractivity contribution is 7.18. The van der Waals surface area contributed by atoms with Gasteiger partial charge in [-0.1, -0.05) is 11.6 Å². The van der Waals surface area contributed by atoms with Crippen LogP contribution in [-0.4, -0.2) is 21.9 Å². The highest BCUT2D eigenvalue weighted by atomic mass is 35.5. The number of amides is 1. The predicted molar refractivity (Wildman–Crippen MR) is 77.3 cm³/mol. The van der Waals surface area contributed by atoms with E-state index in [9.17, 15) is 19.7 Å². The number of benzene rings is 1. The minimum absolute atomic E-state index is 0.0134. The van der Waals surface area contributed by atoms with E-state index in [4.69, 9.17) is 16.7 Å². The summed E-state index contributed by atoms with van der Waals surface area (Å²) >= 11 is 6.61. The number of rotatable bonds is 4. The summed E-state index contributed by atoms with van der Waals surface area (Å²) in [6, 6.07) is 6.29. The Balaban J connectivity index is 2.23. The summed E-state index contributed by atoms with van der Waals surface area (Å²) in [4.78, 5) is 32.9. The molecule has 108 valence electrons. The molecule has 0 fully saturated rings. The molecule has 0 spiro atoms. The van der Waals surface area contributed by atoms with Crippen molar-refractivity contribution >= 4 is 45.5 Å². The van der Waals surface area contributed by atoms with Crippen molar-refractivity contribution in [3.05, 3.63) is 55.9 Å². The maximum Gasteiger partial charge on any atom is 0.345 e. The number of carboxylic acid groups (broad SMARTS) is 1. The number of nitrogens with zero attached hydrogens (tertiary/aromatic N) is 1. The lowest BCUT2D eigenvalue weighted by molar-refractivity contribution is -0.384. The summed E-state index contributed by atoms with van der Waals surface area (Å²) in [7, 11) is 0. The van der Waals surface area contributed by atoms with Crippen LogP contribution >= 0.6 is 22.9 Å². The van der Waals surface area contributed by atoms with Gasteiger partial charge in [-0.15, -0.1) is 11.3 Å². The van der Waals surface area contributed by atoms with Gasteiger partial charge in [-0.25, -0.2) is 4.79 Å². The fourth-order valence-electron chi connectivity index (χ4n) is 1.51. The third kappa shape index (κ3) is 3.56. The third-order valence-electron chi connectivity index (χ3n) is 2.41. The van der Waals surface area contributed by atoms with Crippen molar-refractivity contribution in [3.63, 3.8) is 0 Å². The van der Waals surface area contributed by atoms with Gasteiger partial charge in [0.1, 0.15) is 4.88 Å². The summed E-state index contributed by atoms with van der Waals surface area (Å²) in [6.07, 6.45) is 0. The smallest absolute Gasteiger partial charge is 0.345 e. The standard InChI is InChI=1S/C12H7ClN2O5S/c13-7-3-6(4-8(5-7)15(19)20)11(16)14-10-2-1-9(21-10)12(17)18/h1-5H,(H,14,16)(H,17,18). The molecule has 1 amide bonds. The molecule has 0 radical (unpaired) electrons. The lowest BCUT2D eigenvalue weighted by Gasteiger charge is -2.03. The molecule has 0 saturated carbocycles. The number of non-ortho nitro benzene ring substituents is 1. The highest BCUT2D eigenvalue weighted by Gasteiger charge is 2.15. The van der Waals surface area contributed by atoms with Crippen LogP contribution in [0.5, 0.6) is 0 Å². The molecule has 0 atom stereocenters. The summed E-state index contributed by atoms with van der Waals surface area (Å²) in [5.41, 5.74) is -0.287. The molecule has 0 aliphatic rings. The number of nitrogens with one attached hydrogen (secondary N) is 1. The van der Waals surface area contributed by atoms with Gasteiger partial charge in [0, 0.05) is 22.7 Å². The van der Waals surface area contributed by atoms with Gasteiger partial charge in [0.15, 0.2) is 0 Å². The van der Waals surface area contributed by atoms with E-state index in [0.717, 1.165) is 23.5 Å². The van der Waals surface area contributed by atoms with Crippen molar-refractivity contribution in [2.75, 3.05) is 5.32 Å². The van der Waals surface area contributed by atoms with Crippen LogP contribution in [0.25, 0.3) is 0 Å². The summed E-state index contributed by atoms with van der Waals surface area (Å²) in [6.45, 7) is 0. The molecule has 0 bridgehead atoms. The van der Waals surface area contributed by atoms with Crippen LogP contribution in [0.2, 0.25) is 5.02 Å². The predicted octanol–water partition coefficient (Wildman–Crippen LogP) is 3.26. The molecule has 0 unspecified atom stereocenters. The Morgan fingerprint density at radius 2 is 2.00 bits per heavy atom. The third-order valence-corrected chi connectivity index (χ3v) is 3.62. The lowest BCUT2D eigenvalue weighted by Crippen LogP contribution is -2.11. The van der Waals surface area contributed by atoms with E-state index in [1.807, 2.05) is 0 Å².